The number of aromatic nitrogens is 4. The fraction of sp³-hybridized carbons (Fsp3) is 0.538. The highest BCUT2D eigenvalue weighted by molar-refractivity contribution is 5.21. The molecule has 5 nitrogen and oxygen atoms in total. The lowest BCUT2D eigenvalue weighted by Gasteiger charge is -2.14. The Morgan fingerprint density at radius 2 is 2.06 bits per heavy atom. The van der Waals surface area contributed by atoms with Crippen molar-refractivity contribution in [3.8, 4) is 0 Å². The molecular weight excluding hydrogens is 226 g/mol. The summed E-state index contributed by atoms with van der Waals surface area (Å²) < 4.78 is 4.04. The Morgan fingerprint density at radius 3 is 2.67 bits per heavy atom. The smallest absolute Gasteiger partial charge is 0.131 e. The predicted octanol–water partition coefficient (Wildman–Crippen LogP) is 1.73. The molecule has 2 heterocycles. The van der Waals surface area contributed by atoms with Crippen molar-refractivity contribution in [3.63, 3.8) is 0 Å². The summed E-state index contributed by atoms with van der Waals surface area (Å²) in [5, 5.41) is 4.53. The van der Waals surface area contributed by atoms with Crippen LogP contribution in [-0.2, 0) is 19.5 Å². The zero-order chi connectivity index (χ0) is 13.1. The van der Waals surface area contributed by atoms with Crippen molar-refractivity contribution >= 4 is 0 Å². The number of hydrogen-bond acceptors (Lipinski definition) is 3. The Hall–Kier alpha value is -1.62. The second-order valence-corrected chi connectivity index (χ2v) is 4.28. The predicted molar refractivity (Wildman–Crippen MR) is 71.2 cm³/mol. The minimum absolute atomic E-state index is 0.215. The fourth-order valence-electron chi connectivity index (χ4n) is 2.16. The van der Waals surface area contributed by atoms with Gasteiger partial charge in [0, 0.05) is 25.5 Å². The van der Waals surface area contributed by atoms with Crippen molar-refractivity contribution in [2.24, 2.45) is 5.73 Å². The highest BCUT2D eigenvalue weighted by Crippen LogP contribution is 2.19. The van der Waals surface area contributed by atoms with E-state index >= 15 is 0 Å². The van der Waals surface area contributed by atoms with Gasteiger partial charge in [-0.1, -0.05) is 6.92 Å². The lowest BCUT2D eigenvalue weighted by atomic mass is 10.2. The summed E-state index contributed by atoms with van der Waals surface area (Å²) >= 11 is 0. The van der Waals surface area contributed by atoms with E-state index in [2.05, 4.69) is 41.5 Å². The first kappa shape index (κ1) is 12.8. The number of aryl methyl sites for hydroxylation is 3. The van der Waals surface area contributed by atoms with Crippen LogP contribution in [0.2, 0.25) is 0 Å². The molecule has 98 valence electrons. The third-order valence-electron chi connectivity index (χ3n) is 3.21. The summed E-state index contributed by atoms with van der Waals surface area (Å²) in [6, 6.07) is 1.87. The van der Waals surface area contributed by atoms with Crippen LogP contribution in [0.1, 0.15) is 44.0 Å². The van der Waals surface area contributed by atoms with Gasteiger partial charge in [0.1, 0.15) is 11.9 Å². The Morgan fingerprint density at radius 1 is 1.28 bits per heavy atom. The van der Waals surface area contributed by atoms with Crippen LogP contribution in [0.25, 0.3) is 0 Å². The molecule has 5 heteroatoms. The van der Waals surface area contributed by atoms with Crippen LogP contribution in [0.5, 0.6) is 0 Å². The normalized spacial score (nSPS) is 12.9. The summed E-state index contributed by atoms with van der Waals surface area (Å²) in [6.45, 7) is 7.98. The monoisotopic (exact) mass is 247 g/mol. The molecule has 0 aliphatic carbocycles. The molecule has 2 aromatic heterocycles. The topological polar surface area (TPSA) is 61.7 Å². The standard InChI is InChI=1S/C13H21N5/c1-4-10-9-11(18(6-3)16-10)12(14)13-15-7-8-17(13)5-2/h7-9,12H,4-6,14H2,1-3H3. The van der Waals surface area contributed by atoms with Crippen molar-refractivity contribution < 1.29 is 0 Å². The minimum Gasteiger partial charge on any atom is -0.334 e. The van der Waals surface area contributed by atoms with E-state index in [0.717, 1.165) is 36.7 Å². The van der Waals surface area contributed by atoms with E-state index in [9.17, 15) is 0 Å². The Labute approximate surface area is 108 Å². The van der Waals surface area contributed by atoms with E-state index in [4.69, 9.17) is 5.73 Å². The first-order valence-corrected chi connectivity index (χ1v) is 6.54. The van der Waals surface area contributed by atoms with Crippen molar-refractivity contribution in [3.05, 3.63) is 35.7 Å². The van der Waals surface area contributed by atoms with Crippen LogP contribution in [-0.4, -0.2) is 19.3 Å². The second kappa shape index (κ2) is 5.35. The molecule has 0 spiro atoms. The van der Waals surface area contributed by atoms with E-state index in [0.29, 0.717) is 0 Å². The zero-order valence-corrected chi connectivity index (χ0v) is 11.3. The van der Waals surface area contributed by atoms with Gasteiger partial charge in [0.15, 0.2) is 0 Å². The van der Waals surface area contributed by atoms with Gasteiger partial charge in [-0.2, -0.15) is 5.10 Å². The molecule has 0 amide bonds. The number of nitrogens with two attached hydrogens (primary N) is 1. The number of nitrogens with zero attached hydrogens (tertiary/aromatic N) is 4. The van der Waals surface area contributed by atoms with Crippen molar-refractivity contribution in [2.75, 3.05) is 0 Å². The maximum atomic E-state index is 6.34. The molecule has 2 rings (SSSR count). The summed E-state index contributed by atoms with van der Waals surface area (Å²) in [5.74, 6) is 0.898. The number of rotatable bonds is 5. The summed E-state index contributed by atoms with van der Waals surface area (Å²) in [4.78, 5) is 4.37. The van der Waals surface area contributed by atoms with E-state index in [1.54, 1.807) is 6.20 Å². The molecule has 0 bridgehead atoms. The first-order chi connectivity index (χ1) is 8.71. The molecule has 0 aliphatic rings. The third kappa shape index (κ3) is 2.18. The minimum atomic E-state index is -0.215. The molecule has 2 aromatic rings. The fourth-order valence-corrected chi connectivity index (χ4v) is 2.16. The quantitative estimate of drug-likeness (QED) is 0.875. The van der Waals surface area contributed by atoms with Crippen LogP contribution < -0.4 is 5.73 Å². The SMILES string of the molecule is CCc1cc(C(N)c2nccn2CC)n(CC)n1. The van der Waals surface area contributed by atoms with E-state index in [1.165, 1.54) is 0 Å². The second-order valence-electron chi connectivity index (χ2n) is 4.28. The molecule has 18 heavy (non-hydrogen) atoms. The van der Waals surface area contributed by atoms with Crippen molar-refractivity contribution in [2.45, 2.75) is 46.3 Å². The zero-order valence-electron chi connectivity index (χ0n) is 11.3. The average Bonchev–Trinajstić information content (AvgIpc) is 3.03. The van der Waals surface area contributed by atoms with Gasteiger partial charge in [-0.25, -0.2) is 4.98 Å². The number of hydrogen-bond donors (Lipinski definition) is 1. The van der Waals surface area contributed by atoms with Crippen LogP contribution in [0.4, 0.5) is 0 Å². The van der Waals surface area contributed by atoms with Gasteiger partial charge >= 0.3 is 0 Å². The molecular formula is C13H21N5. The van der Waals surface area contributed by atoms with Gasteiger partial charge in [0.25, 0.3) is 0 Å². The highest BCUT2D eigenvalue weighted by Gasteiger charge is 2.19. The van der Waals surface area contributed by atoms with Crippen LogP contribution in [0, 0.1) is 0 Å². The van der Waals surface area contributed by atoms with Crippen LogP contribution in [0.3, 0.4) is 0 Å². The summed E-state index contributed by atoms with van der Waals surface area (Å²) in [7, 11) is 0. The van der Waals surface area contributed by atoms with Crippen molar-refractivity contribution in [1.82, 2.24) is 19.3 Å². The largest absolute Gasteiger partial charge is 0.334 e. The van der Waals surface area contributed by atoms with E-state index < -0.39 is 0 Å². The van der Waals surface area contributed by atoms with Crippen LogP contribution in [0.15, 0.2) is 18.5 Å². The summed E-state index contributed by atoms with van der Waals surface area (Å²) in [6.07, 6.45) is 4.68. The van der Waals surface area contributed by atoms with Crippen molar-refractivity contribution in [1.29, 1.82) is 0 Å². The maximum Gasteiger partial charge on any atom is 0.131 e. The van der Waals surface area contributed by atoms with Gasteiger partial charge < -0.3 is 10.3 Å². The molecule has 0 radical (unpaired) electrons. The molecule has 0 saturated carbocycles. The average molecular weight is 247 g/mol. The Bertz CT molecular complexity index is 511. The first-order valence-electron chi connectivity index (χ1n) is 6.54. The highest BCUT2D eigenvalue weighted by atomic mass is 15.3. The summed E-state index contributed by atoms with van der Waals surface area (Å²) in [5.41, 5.74) is 8.46. The third-order valence-corrected chi connectivity index (χ3v) is 3.21. The lowest BCUT2D eigenvalue weighted by Crippen LogP contribution is -2.21. The molecule has 0 fully saturated rings. The lowest BCUT2D eigenvalue weighted by molar-refractivity contribution is 0.568. The molecule has 0 aromatic carbocycles. The van der Waals surface area contributed by atoms with Gasteiger partial charge in [0.2, 0.25) is 0 Å². The van der Waals surface area contributed by atoms with E-state index in [-0.39, 0.29) is 6.04 Å². The van der Waals surface area contributed by atoms with Gasteiger partial charge in [-0.3, -0.25) is 4.68 Å². The molecule has 2 N–H and O–H groups in total. The van der Waals surface area contributed by atoms with Crippen LogP contribution >= 0.6 is 0 Å². The Kier molecular flexibility index (Phi) is 3.81. The van der Waals surface area contributed by atoms with Gasteiger partial charge in [-0.15, -0.1) is 0 Å². The maximum absolute atomic E-state index is 6.34. The van der Waals surface area contributed by atoms with Gasteiger partial charge in [-0.05, 0) is 26.3 Å². The van der Waals surface area contributed by atoms with E-state index in [1.807, 2.05) is 10.9 Å². The molecule has 1 unspecified atom stereocenters. The molecule has 1 atom stereocenters. The molecule has 0 saturated heterocycles. The Balaban J connectivity index is 2.38. The number of imidazole rings is 1. The molecule has 0 aliphatic heterocycles. The van der Waals surface area contributed by atoms with Gasteiger partial charge in [0.05, 0.1) is 11.4 Å².